The lowest BCUT2D eigenvalue weighted by molar-refractivity contribution is 0.101. The molecule has 0 unspecified atom stereocenters. The smallest absolute Gasteiger partial charge is 0.289 e. The lowest BCUT2D eigenvalue weighted by Gasteiger charge is -2.08. The molecule has 1 saturated heterocycles. The zero-order valence-electron chi connectivity index (χ0n) is 8.12. The van der Waals surface area contributed by atoms with E-state index >= 15 is 0 Å². The molecule has 1 aromatic rings. The van der Waals surface area contributed by atoms with Gasteiger partial charge >= 0.3 is 0 Å². The van der Waals surface area contributed by atoms with Gasteiger partial charge in [-0.15, -0.1) is 11.3 Å². The molecular weight excluding hydrogens is 262 g/mol. The molecule has 0 N–H and O–H groups in total. The lowest BCUT2D eigenvalue weighted by atomic mass is 10.4. The van der Waals surface area contributed by atoms with E-state index in [1.54, 1.807) is 16.9 Å². The van der Waals surface area contributed by atoms with Crippen LogP contribution in [0.4, 0.5) is 0 Å². The van der Waals surface area contributed by atoms with Crippen LogP contribution in [0.25, 0.3) is 0 Å². The Morgan fingerprint density at radius 1 is 1.50 bits per heavy atom. The first-order valence-electron chi connectivity index (χ1n) is 4.67. The van der Waals surface area contributed by atoms with E-state index < -0.39 is 0 Å². The number of carbonyl (C=O) groups is 1. The third-order valence-corrected chi connectivity index (χ3v) is 5.20. The second kappa shape index (κ2) is 4.23. The van der Waals surface area contributed by atoms with Gasteiger partial charge in [0, 0.05) is 6.54 Å². The Bertz CT molecular complexity index is 480. The third kappa shape index (κ3) is 1.79. The SMILES string of the molecule is O=C(/N=C1/SSC2=NCCN21)c1cccs1. The zero-order chi connectivity index (χ0) is 11.0. The molecule has 0 radical (unpaired) electrons. The molecule has 0 bridgehead atoms. The van der Waals surface area contributed by atoms with Crippen molar-refractivity contribution in [2.24, 2.45) is 9.98 Å². The number of amides is 1. The van der Waals surface area contributed by atoms with Crippen LogP contribution in [0.1, 0.15) is 9.67 Å². The van der Waals surface area contributed by atoms with E-state index in [0.717, 1.165) is 23.4 Å². The van der Waals surface area contributed by atoms with E-state index in [1.807, 2.05) is 16.3 Å². The predicted octanol–water partition coefficient (Wildman–Crippen LogP) is 2.31. The monoisotopic (exact) mass is 269 g/mol. The zero-order valence-corrected chi connectivity index (χ0v) is 10.6. The Morgan fingerprint density at radius 2 is 2.44 bits per heavy atom. The van der Waals surface area contributed by atoms with Gasteiger partial charge in [0.05, 0.1) is 11.4 Å². The quantitative estimate of drug-likeness (QED) is 0.734. The van der Waals surface area contributed by atoms with E-state index in [0.29, 0.717) is 4.88 Å². The highest BCUT2D eigenvalue weighted by Crippen LogP contribution is 2.38. The molecule has 3 heterocycles. The Balaban J connectivity index is 1.83. The molecule has 82 valence electrons. The molecule has 0 spiro atoms. The average molecular weight is 269 g/mol. The first kappa shape index (κ1) is 10.4. The summed E-state index contributed by atoms with van der Waals surface area (Å²) in [5, 5.41) is 3.62. The van der Waals surface area contributed by atoms with Gasteiger partial charge in [0.25, 0.3) is 5.91 Å². The predicted molar refractivity (Wildman–Crippen MR) is 70.3 cm³/mol. The topological polar surface area (TPSA) is 45.0 Å². The number of aliphatic imine (C=N–C) groups is 2. The average Bonchev–Trinajstić information content (AvgIpc) is 2.94. The molecule has 3 rings (SSSR count). The maximum absolute atomic E-state index is 11.8. The molecule has 2 aliphatic heterocycles. The van der Waals surface area contributed by atoms with Crippen molar-refractivity contribution in [1.29, 1.82) is 0 Å². The second-order valence-electron chi connectivity index (χ2n) is 3.16. The van der Waals surface area contributed by atoms with E-state index in [2.05, 4.69) is 9.98 Å². The van der Waals surface area contributed by atoms with Gasteiger partial charge in [-0.05, 0) is 33.0 Å². The van der Waals surface area contributed by atoms with E-state index in [4.69, 9.17) is 0 Å². The Hall–Kier alpha value is -0.790. The lowest BCUT2D eigenvalue weighted by Crippen LogP contribution is -2.25. The number of thiophene rings is 1. The van der Waals surface area contributed by atoms with Crippen molar-refractivity contribution in [3.8, 4) is 0 Å². The van der Waals surface area contributed by atoms with Gasteiger partial charge in [-0.3, -0.25) is 14.7 Å². The van der Waals surface area contributed by atoms with Gasteiger partial charge in [0.2, 0.25) is 0 Å². The maximum atomic E-state index is 11.8. The summed E-state index contributed by atoms with van der Waals surface area (Å²) in [7, 11) is 3.08. The Labute approximate surface area is 104 Å². The number of nitrogens with zero attached hydrogens (tertiary/aromatic N) is 3. The van der Waals surface area contributed by atoms with Crippen molar-refractivity contribution in [2.75, 3.05) is 13.1 Å². The van der Waals surface area contributed by atoms with E-state index in [-0.39, 0.29) is 5.91 Å². The van der Waals surface area contributed by atoms with Crippen LogP contribution < -0.4 is 0 Å². The van der Waals surface area contributed by atoms with Crippen LogP contribution >= 0.6 is 32.9 Å². The normalized spacial score (nSPS) is 21.4. The van der Waals surface area contributed by atoms with Crippen molar-refractivity contribution in [3.05, 3.63) is 22.4 Å². The van der Waals surface area contributed by atoms with Gasteiger partial charge in [0.1, 0.15) is 0 Å². The summed E-state index contributed by atoms with van der Waals surface area (Å²) in [6, 6.07) is 3.65. The van der Waals surface area contributed by atoms with Gasteiger partial charge in [-0.1, -0.05) is 6.07 Å². The van der Waals surface area contributed by atoms with Gasteiger partial charge in [-0.25, -0.2) is 0 Å². The minimum Gasteiger partial charge on any atom is -0.297 e. The fourth-order valence-electron chi connectivity index (χ4n) is 1.42. The summed E-state index contributed by atoms with van der Waals surface area (Å²) in [6.07, 6.45) is 0. The van der Waals surface area contributed by atoms with Crippen LogP contribution in [0.2, 0.25) is 0 Å². The minimum atomic E-state index is -0.161. The summed E-state index contributed by atoms with van der Waals surface area (Å²) < 4.78 is 0. The van der Waals surface area contributed by atoms with Crippen LogP contribution in [0, 0.1) is 0 Å². The van der Waals surface area contributed by atoms with Crippen molar-refractivity contribution in [1.82, 2.24) is 4.90 Å². The van der Waals surface area contributed by atoms with Crippen LogP contribution in [-0.2, 0) is 0 Å². The van der Waals surface area contributed by atoms with Gasteiger partial charge in [0.15, 0.2) is 10.3 Å². The van der Waals surface area contributed by atoms with Crippen LogP contribution in [0.3, 0.4) is 0 Å². The first-order chi connectivity index (χ1) is 7.84. The van der Waals surface area contributed by atoms with Crippen molar-refractivity contribution in [3.63, 3.8) is 0 Å². The number of rotatable bonds is 1. The molecule has 7 heteroatoms. The number of amidine groups is 2. The highest BCUT2D eigenvalue weighted by molar-refractivity contribution is 8.88. The Kier molecular flexibility index (Phi) is 2.74. The van der Waals surface area contributed by atoms with Crippen LogP contribution in [-0.4, -0.2) is 34.2 Å². The summed E-state index contributed by atoms with van der Waals surface area (Å²) >= 11 is 1.42. The first-order valence-corrected chi connectivity index (χ1v) is 7.70. The van der Waals surface area contributed by atoms with Crippen LogP contribution in [0.15, 0.2) is 27.5 Å². The van der Waals surface area contributed by atoms with E-state index in [9.17, 15) is 4.79 Å². The number of fused-ring (bicyclic) bond motifs is 1. The van der Waals surface area contributed by atoms with Gasteiger partial charge in [-0.2, -0.15) is 4.99 Å². The van der Waals surface area contributed by atoms with Crippen molar-refractivity contribution < 1.29 is 4.79 Å². The molecule has 1 amide bonds. The summed E-state index contributed by atoms with van der Waals surface area (Å²) in [5.41, 5.74) is 0. The second-order valence-corrected chi connectivity index (χ2v) is 6.17. The summed E-state index contributed by atoms with van der Waals surface area (Å²) in [5.74, 6) is -0.161. The number of carbonyl (C=O) groups excluding carboxylic acids is 1. The maximum Gasteiger partial charge on any atom is 0.289 e. The largest absolute Gasteiger partial charge is 0.297 e. The molecule has 0 aliphatic carbocycles. The molecule has 2 aliphatic rings. The molecule has 4 nitrogen and oxygen atoms in total. The van der Waals surface area contributed by atoms with Crippen molar-refractivity contribution in [2.45, 2.75) is 0 Å². The highest BCUT2D eigenvalue weighted by Gasteiger charge is 2.31. The molecule has 1 aromatic heterocycles. The fourth-order valence-corrected chi connectivity index (χ4v) is 4.29. The molecule has 16 heavy (non-hydrogen) atoms. The standard InChI is InChI=1S/C9H7N3OS3/c13-7(6-2-1-5-14-6)11-9-12-4-3-10-8(12)15-16-9/h1-2,5H,3-4H2/b11-9+. The number of hydrogen-bond donors (Lipinski definition) is 0. The Morgan fingerprint density at radius 3 is 3.25 bits per heavy atom. The summed E-state index contributed by atoms with van der Waals surface area (Å²) in [4.78, 5) is 22.9. The molecule has 0 saturated carbocycles. The van der Waals surface area contributed by atoms with E-state index in [1.165, 1.54) is 22.1 Å². The molecule has 0 atom stereocenters. The summed E-state index contributed by atoms with van der Waals surface area (Å²) in [6.45, 7) is 1.64. The number of hydrogen-bond acceptors (Lipinski definition) is 5. The third-order valence-electron chi connectivity index (χ3n) is 2.15. The van der Waals surface area contributed by atoms with Gasteiger partial charge < -0.3 is 0 Å². The van der Waals surface area contributed by atoms with Crippen LogP contribution in [0.5, 0.6) is 0 Å². The minimum absolute atomic E-state index is 0.161. The molecule has 0 aromatic carbocycles. The highest BCUT2D eigenvalue weighted by atomic mass is 33.1. The van der Waals surface area contributed by atoms with Crippen molar-refractivity contribution >= 4 is 49.2 Å². The molecular formula is C9H7N3OS3. The fraction of sp³-hybridized carbons (Fsp3) is 0.222. The molecule has 1 fully saturated rings.